The largest absolute Gasteiger partial charge is 0.491 e. The minimum atomic E-state index is -0.578. The maximum absolute atomic E-state index is 11.9. The molecule has 1 N–H and O–H groups in total. The number of aryl methyl sites for hydroxylation is 2. The van der Waals surface area contributed by atoms with E-state index < -0.39 is 6.10 Å². The number of aliphatic hydroxyl groups excluding tert-OH is 1. The van der Waals surface area contributed by atoms with Gasteiger partial charge in [0.1, 0.15) is 18.5 Å². The molecule has 1 heterocycles. The van der Waals surface area contributed by atoms with E-state index in [-0.39, 0.29) is 18.5 Å². The van der Waals surface area contributed by atoms with Gasteiger partial charge < -0.3 is 14.6 Å². The van der Waals surface area contributed by atoms with Crippen LogP contribution in [-0.2, 0) is 9.53 Å². The number of rotatable bonds is 7. The van der Waals surface area contributed by atoms with Crippen LogP contribution in [0.4, 0.5) is 0 Å². The van der Waals surface area contributed by atoms with Crippen LogP contribution >= 0.6 is 0 Å². The molecule has 2 atom stereocenters. The summed E-state index contributed by atoms with van der Waals surface area (Å²) in [5, 5.41) is 10.3. The number of nitrogens with zero attached hydrogens (tertiary/aromatic N) is 1. The summed E-state index contributed by atoms with van der Waals surface area (Å²) in [6.07, 6.45) is 1.24. The first kappa shape index (κ1) is 18.7. The Morgan fingerprint density at radius 1 is 1.42 bits per heavy atom. The molecule has 0 spiro atoms. The van der Waals surface area contributed by atoms with Gasteiger partial charge in [-0.15, -0.1) is 0 Å². The van der Waals surface area contributed by atoms with Crippen molar-refractivity contribution >= 4 is 5.97 Å². The van der Waals surface area contributed by atoms with E-state index in [4.69, 9.17) is 9.47 Å². The van der Waals surface area contributed by atoms with Gasteiger partial charge in [-0.1, -0.05) is 12.1 Å². The highest BCUT2D eigenvalue weighted by molar-refractivity contribution is 5.72. The lowest BCUT2D eigenvalue weighted by Gasteiger charge is -2.32. The molecule has 0 amide bonds. The van der Waals surface area contributed by atoms with Crippen molar-refractivity contribution in [2.45, 2.75) is 39.7 Å². The number of piperidine rings is 1. The molecular formula is C19H29NO4. The Morgan fingerprint density at radius 2 is 2.21 bits per heavy atom. The van der Waals surface area contributed by atoms with Crippen LogP contribution in [0.3, 0.4) is 0 Å². The van der Waals surface area contributed by atoms with E-state index in [1.165, 1.54) is 0 Å². The van der Waals surface area contributed by atoms with Crippen LogP contribution in [0, 0.1) is 19.8 Å². The van der Waals surface area contributed by atoms with Gasteiger partial charge in [-0.2, -0.15) is 0 Å². The molecule has 1 aromatic rings. The Bertz CT molecular complexity index is 546. The second-order valence-corrected chi connectivity index (χ2v) is 6.58. The average molecular weight is 335 g/mol. The van der Waals surface area contributed by atoms with Gasteiger partial charge in [0.25, 0.3) is 0 Å². The second-order valence-electron chi connectivity index (χ2n) is 6.58. The zero-order valence-electron chi connectivity index (χ0n) is 15.0. The number of hydrogen-bond donors (Lipinski definition) is 1. The highest BCUT2D eigenvalue weighted by Crippen LogP contribution is 2.20. The van der Waals surface area contributed by atoms with Crippen molar-refractivity contribution in [3.8, 4) is 5.75 Å². The molecule has 134 valence electrons. The van der Waals surface area contributed by atoms with Crippen molar-refractivity contribution in [3.63, 3.8) is 0 Å². The SMILES string of the molecule is CCOC(=O)C1CCCN(CC(O)COc2cc(C)ccc2C)C1. The van der Waals surface area contributed by atoms with Crippen LogP contribution in [0.5, 0.6) is 5.75 Å². The number of likely N-dealkylation sites (tertiary alicyclic amines) is 1. The Hall–Kier alpha value is -1.59. The molecular weight excluding hydrogens is 306 g/mol. The number of carbonyl (C=O) groups excluding carboxylic acids is 1. The predicted molar refractivity (Wildman–Crippen MR) is 93.2 cm³/mol. The van der Waals surface area contributed by atoms with Crippen molar-refractivity contribution in [2.24, 2.45) is 5.92 Å². The van der Waals surface area contributed by atoms with Crippen molar-refractivity contribution < 1.29 is 19.4 Å². The van der Waals surface area contributed by atoms with Gasteiger partial charge in [-0.25, -0.2) is 0 Å². The first-order chi connectivity index (χ1) is 11.5. The Balaban J connectivity index is 1.80. The maximum Gasteiger partial charge on any atom is 0.310 e. The first-order valence-electron chi connectivity index (χ1n) is 8.76. The molecule has 1 saturated heterocycles. The molecule has 0 saturated carbocycles. The van der Waals surface area contributed by atoms with E-state index in [9.17, 15) is 9.90 Å². The van der Waals surface area contributed by atoms with E-state index in [1.807, 2.05) is 39.0 Å². The molecule has 0 aliphatic carbocycles. The smallest absolute Gasteiger partial charge is 0.310 e. The monoisotopic (exact) mass is 335 g/mol. The number of esters is 1. The fraction of sp³-hybridized carbons (Fsp3) is 0.632. The van der Waals surface area contributed by atoms with Gasteiger partial charge in [0, 0.05) is 13.1 Å². The minimum Gasteiger partial charge on any atom is -0.491 e. The van der Waals surface area contributed by atoms with E-state index in [0.717, 1.165) is 36.3 Å². The lowest BCUT2D eigenvalue weighted by atomic mass is 9.98. The van der Waals surface area contributed by atoms with Crippen molar-refractivity contribution in [1.29, 1.82) is 0 Å². The van der Waals surface area contributed by atoms with Gasteiger partial charge in [0.05, 0.1) is 12.5 Å². The lowest BCUT2D eigenvalue weighted by molar-refractivity contribution is -0.150. The van der Waals surface area contributed by atoms with E-state index in [2.05, 4.69) is 4.90 Å². The Labute approximate surface area is 144 Å². The van der Waals surface area contributed by atoms with Gasteiger partial charge in [-0.05, 0) is 57.4 Å². The van der Waals surface area contributed by atoms with E-state index in [1.54, 1.807) is 0 Å². The number of benzene rings is 1. The van der Waals surface area contributed by atoms with Crippen LogP contribution in [0.25, 0.3) is 0 Å². The Kier molecular flexibility index (Phi) is 7.06. The van der Waals surface area contributed by atoms with Crippen LogP contribution in [-0.4, -0.2) is 54.9 Å². The molecule has 5 heteroatoms. The summed E-state index contributed by atoms with van der Waals surface area (Å²) in [6.45, 7) is 8.58. The summed E-state index contributed by atoms with van der Waals surface area (Å²) in [4.78, 5) is 14.0. The third-order valence-corrected chi connectivity index (χ3v) is 4.37. The highest BCUT2D eigenvalue weighted by Gasteiger charge is 2.27. The standard InChI is InChI=1S/C19H29NO4/c1-4-23-19(22)16-6-5-9-20(11-16)12-17(21)13-24-18-10-14(2)7-8-15(18)3/h7-8,10,16-17,21H,4-6,9,11-13H2,1-3H3. The first-order valence-corrected chi connectivity index (χ1v) is 8.76. The molecule has 1 aromatic carbocycles. The summed E-state index contributed by atoms with van der Waals surface area (Å²) in [5.41, 5.74) is 2.20. The van der Waals surface area contributed by atoms with Crippen LogP contribution in [0.2, 0.25) is 0 Å². The van der Waals surface area contributed by atoms with E-state index in [0.29, 0.717) is 19.7 Å². The van der Waals surface area contributed by atoms with Crippen LogP contribution < -0.4 is 4.74 Å². The third-order valence-electron chi connectivity index (χ3n) is 4.37. The molecule has 1 fully saturated rings. The normalized spacial score (nSPS) is 19.8. The van der Waals surface area contributed by atoms with Gasteiger partial charge >= 0.3 is 5.97 Å². The summed E-state index contributed by atoms with van der Waals surface area (Å²) in [6, 6.07) is 6.05. The number of hydrogen-bond acceptors (Lipinski definition) is 5. The average Bonchev–Trinajstić information content (AvgIpc) is 2.56. The minimum absolute atomic E-state index is 0.0779. The highest BCUT2D eigenvalue weighted by atomic mass is 16.5. The third kappa shape index (κ3) is 5.49. The second kappa shape index (κ2) is 9.04. The molecule has 0 aromatic heterocycles. The topological polar surface area (TPSA) is 59.0 Å². The predicted octanol–water partition coefficient (Wildman–Crippen LogP) is 2.32. The molecule has 5 nitrogen and oxygen atoms in total. The Morgan fingerprint density at radius 3 is 2.96 bits per heavy atom. The zero-order chi connectivity index (χ0) is 17.5. The number of carbonyl (C=O) groups is 1. The molecule has 2 rings (SSSR count). The molecule has 1 aliphatic rings. The van der Waals surface area contributed by atoms with Crippen LogP contribution in [0.1, 0.15) is 30.9 Å². The van der Waals surface area contributed by atoms with Crippen molar-refractivity contribution in [3.05, 3.63) is 29.3 Å². The molecule has 0 radical (unpaired) electrons. The van der Waals surface area contributed by atoms with Gasteiger partial charge in [0.2, 0.25) is 0 Å². The van der Waals surface area contributed by atoms with Crippen molar-refractivity contribution in [2.75, 3.05) is 32.8 Å². The maximum atomic E-state index is 11.9. The summed E-state index contributed by atoms with van der Waals surface area (Å²) >= 11 is 0. The quantitative estimate of drug-likeness (QED) is 0.775. The van der Waals surface area contributed by atoms with Gasteiger partial charge in [0.15, 0.2) is 0 Å². The summed E-state index contributed by atoms with van der Waals surface area (Å²) in [5.74, 6) is 0.617. The number of aliphatic hydroxyl groups is 1. The number of ether oxygens (including phenoxy) is 2. The number of β-amino-alcohol motifs (C(OH)–C–C–N with tert-alkyl or cyclic N) is 1. The fourth-order valence-electron chi connectivity index (χ4n) is 3.07. The lowest BCUT2D eigenvalue weighted by Crippen LogP contribution is -2.44. The fourth-order valence-corrected chi connectivity index (χ4v) is 3.07. The summed E-state index contributed by atoms with van der Waals surface area (Å²) in [7, 11) is 0. The zero-order valence-corrected chi connectivity index (χ0v) is 15.0. The van der Waals surface area contributed by atoms with E-state index >= 15 is 0 Å². The molecule has 1 aliphatic heterocycles. The van der Waals surface area contributed by atoms with Gasteiger partial charge in [-0.3, -0.25) is 9.69 Å². The molecule has 24 heavy (non-hydrogen) atoms. The summed E-state index contributed by atoms with van der Waals surface area (Å²) < 4.78 is 10.9. The molecule has 2 unspecified atom stereocenters. The van der Waals surface area contributed by atoms with Crippen molar-refractivity contribution in [1.82, 2.24) is 4.90 Å². The molecule has 0 bridgehead atoms. The van der Waals surface area contributed by atoms with Crippen LogP contribution in [0.15, 0.2) is 18.2 Å².